The maximum absolute atomic E-state index is 5.69. The van der Waals surface area contributed by atoms with Gasteiger partial charge in [0.25, 0.3) is 0 Å². The van der Waals surface area contributed by atoms with Crippen LogP contribution < -0.4 is 5.73 Å². The topological polar surface area (TPSA) is 29.3 Å². The van der Waals surface area contributed by atoms with Crippen LogP contribution in [0.2, 0.25) is 0 Å². The van der Waals surface area contributed by atoms with Gasteiger partial charge in [0, 0.05) is 18.3 Å². The number of rotatable bonds is 0. The van der Waals surface area contributed by atoms with Gasteiger partial charge in [0.1, 0.15) is 0 Å². The molecule has 0 bridgehead atoms. The summed E-state index contributed by atoms with van der Waals surface area (Å²) < 4.78 is 0. The van der Waals surface area contributed by atoms with Gasteiger partial charge in [-0.15, -0.1) is 0 Å². The molecule has 0 aromatic rings. The van der Waals surface area contributed by atoms with Crippen molar-refractivity contribution in [3.63, 3.8) is 0 Å². The molecule has 0 spiro atoms. The SMILES string of the molecule is CC1C(N)=CCCN1C. The third-order valence-corrected chi connectivity index (χ3v) is 2.01. The zero-order chi connectivity index (χ0) is 6.85. The zero-order valence-electron chi connectivity index (χ0n) is 6.09. The van der Waals surface area contributed by atoms with Crippen molar-refractivity contribution in [2.24, 2.45) is 5.73 Å². The Morgan fingerprint density at radius 3 is 2.89 bits per heavy atom. The highest BCUT2D eigenvalue weighted by molar-refractivity contribution is 5.08. The second-order valence-corrected chi connectivity index (χ2v) is 2.65. The molecule has 2 N–H and O–H groups in total. The van der Waals surface area contributed by atoms with Crippen molar-refractivity contribution >= 4 is 0 Å². The first-order valence-electron chi connectivity index (χ1n) is 3.37. The Labute approximate surface area is 56.3 Å². The highest BCUT2D eigenvalue weighted by Crippen LogP contribution is 2.10. The molecule has 1 aliphatic rings. The summed E-state index contributed by atoms with van der Waals surface area (Å²) in [5.74, 6) is 0. The Balaban J connectivity index is 2.62. The van der Waals surface area contributed by atoms with Gasteiger partial charge in [-0.1, -0.05) is 6.08 Å². The van der Waals surface area contributed by atoms with Gasteiger partial charge >= 0.3 is 0 Å². The number of hydrogen-bond donors (Lipinski definition) is 1. The van der Waals surface area contributed by atoms with Crippen molar-refractivity contribution in [2.45, 2.75) is 19.4 Å². The molecule has 0 amide bonds. The second kappa shape index (κ2) is 2.40. The lowest BCUT2D eigenvalue weighted by Crippen LogP contribution is -2.37. The molecule has 0 radical (unpaired) electrons. The predicted molar refractivity (Wildman–Crippen MR) is 39.0 cm³/mol. The monoisotopic (exact) mass is 126 g/mol. The van der Waals surface area contributed by atoms with Crippen molar-refractivity contribution in [2.75, 3.05) is 13.6 Å². The van der Waals surface area contributed by atoms with Gasteiger partial charge in [-0.2, -0.15) is 0 Å². The van der Waals surface area contributed by atoms with E-state index >= 15 is 0 Å². The van der Waals surface area contributed by atoms with Crippen molar-refractivity contribution in [1.82, 2.24) is 4.90 Å². The van der Waals surface area contributed by atoms with E-state index in [4.69, 9.17) is 5.73 Å². The fourth-order valence-corrected chi connectivity index (χ4v) is 1.05. The molecule has 2 nitrogen and oxygen atoms in total. The second-order valence-electron chi connectivity index (χ2n) is 2.65. The first kappa shape index (κ1) is 6.62. The molecule has 0 aliphatic carbocycles. The van der Waals surface area contributed by atoms with Crippen LogP contribution in [-0.2, 0) is 0 Å². The molecule has 1 unspecified atom stereocenters. The highest BCUT2D eigenvalue weighted by Gasteiger charge is 2.14. The van der Waals surface area contributed by atoms with Gasteiger partial charge in [0.2, 0.25) is 0 Å². The number of hydrogen-bond acceptors (Lipinski definition) is 2. The molecular formula is C7H14N2. The summed E-state index contributed by atoms with van der Waals surface area (Å²) in [6, 6.07) is 0.443. The summed E-state index contributed by atoms with van der Waals surface area (Å²) in [4.78, 5) is 2.26. The van der Waals surface area contributed by atoms with Crippen LogP contribution in [0.15, 0.2) is 11.8 Å². The Morgan fingerprint density at radius 2 is 2.44 bits per heavy atom. The maximum atomic E-state index is 5.69. The molecule has 9 heavy (non-hydrogen) atoms. The van der Waals surface area contributed by atoms with Crippen molar-refractivity contribution in [3.05, 3.63) is 11.8 Å². The summed E-state index contributed by atoms with van der Waals surface area (Å²) in [7, 11) is 2.10. The third kappa shape index (κ3) is 1.24. The van der Waals surface area contributed by atoms with E-state index < -0.39 is 0 Å². The molecule has 1 atom stereocenters. The minimum atomic E-state index is 0.443. The molecule has 0 saturated heterocycles. The van der Waals surface area contributed by atoms with E-state index in [1.807, 2.05) is 0 Å². The van der Waals surface area contributed by atoms with Crippen LogP contribution in [0.1, 0.15) is 13.3 Å². The van der Waals surface area contributed by atoms with E-state index in [1.165, 1.54) is 0 Å². The summed E-state index contributed by atoms with van der Waals surface area (Å²) >= 11 is 0. The molecule has 0 saturated carbocycles. The lowest BCUT2D eigenvalue weighted by atomic mass is 10.1. The van der Waals surface area contributed by atoms with Gasteiger partial charge in [-0.05, 0) is 20.4 Å². The molecule has 0 aromatic heterocycles. The number of nitrogens with two attached hydrogens (primary N) is 1. The van der Waals surface area contributed by atoms with Crippen molar-refractivity contribution < 1.29 is 0 Å². The van der Waals surface area contributed by atoms with Gasteiger partial charge in [0.05, 0.1) is 0 Å². The molecule has 52 valence electrons. The Bertz CT molecular complexity index is 129. The van der Waals surface area contributed by atoms with Crippen molar-refractivity contribution in [1.29, 1.82) is 0 Å². The fraction of sp³-hybridized carbons (Fsp3) is 0.714. The molecular weight excluding hydrogens is 112 g/mol. The van der Waals surface area contributed by atoms with E-state index in [0.29, 0.717) is 6.04 Å². The summed E-state index contributed by atoms with van der Waals surface area (Å²) in [5, 5.41) is 0. The van der Waals surface area contributed by atoms with Gasteiger partial charge in [-0.3, -0.25) is 4.90 Å². The third-order valence-electron chi connectivity index (χ3n) is 2.01. The van der Waals surface area contributed by atoms with E-state index in [1.54, 1.807) is 0 Å². The summed E-state index contributed by atoms with van der Waals surface area (Å²) in [6.45, 7) is 3.27. The molecule has 1 rings (SSSR count). The zero-order valence-corrected chi connectivity index (χ0v) is 6.09. The van der Waals surface area contributed by atoms with Crippen LogP contribution in [-0.4, -0.2) is 24.5 Å². The van der Waals surface area contributed by atoms with Crippen LogP contribution in [0.3, 0.4) is 0 Å². The molecule has 1 heterocycles. The first-order chi connectivity index (χ1) is 4.22. The summed E-state index contributed by atoms with van der Waals surface area (Å²) in [5.41, 5.74) is 6.71. The van der Waals surface area contributed by atoms with Crippen LogP contribution in [0, 0.1) is 0 Å². The average molecular weight is 126 g/mol. The number of nitrogens with zero attached hydrogens (tertiary/aromatic N) is 1. The normalized spacial score (nSPS) is 30.0. The fourth-order valence-electron chi connectivity index (χ4n) is 1.05. The van der Waals surface area contributed by atoms with E-state index in [-0.39, 0.29) is 0 Å². The quantitative estimate of drug-likeness (QED) is 0.513. The summed E-state index contributed by atoms with van der Waals surface area (Å²) in [6.07, 6.45) is 3.22. The minimum Gasteiger partial charge on any atom is -0.401 e. The van der Waals surface area contributed by atoms with E-state index in [2.05, 4.69) is 24.9 Å². The molecule has 0 aromatic carbocycles. The van der Waals surface area contributed by atoms with Crippen LogP contribution in [0.25, 0.3) is 0 Å². The molecule has 0 fully saturated rings. The van der Waals surface area contributed by atoms with Gasteiger partial charge in [-0.25, -0.2) is 0 Å². The smallest absolute Gasteiger partial charge is 0.0458 e. The Kier molecular flexibility index (Phi) is 1.76. The number of likely N-dealkylation sites (N-methyl/N-ethyl adjacent to an activating group) is 1. The largest absolute Gasteiger partial charge is 0.401 e. The molecule has 2 heteroatoms. The Morgan fingerprint density at radius 1 is 1.78 bits per heavy atom. The Hall–Kier alpha value is -0.500. The van der Waals surface area contributed by atoms with Crippen LogP contribution in [0.5, 0.6) is 0 Å². The lowest BCUT2D eigenvalue weighted by molar-refractivity contribution is 0.276. The first-order valence-corrected chi connectivity index (χ1v) is 3.37. The van der Waals surface area contributed by atoms with Gasteiger partial charge in [0.15, 0.2) is 0 Å². The maximum Gasteiger partial charge on any atom is 0.0458 e. The molecule has 1 aliphatic heterocycles. The van der Waals surface area contributed by atoms with Crippen LogP contribution in [0.4, 0.5) is 0 Å². The predicted octanol–water partition coefficient (Wildman–Crippen LogP) is 0.553. The average Bonchev–Trinajstić information content (AvgIpc) is 1.83. The van der Waals surface area contributed by atoms with Crippen molar-refractivity contribution in [3.8, 4) is 0 Å². The lowest BCUT2D eigenvalue weighted by Gasteiger charge is -2.28. The van der Waals surface area contributed by atoms with Gasteiger partial charge < -0.3 is 5.73 Å². The minimum absolute atomic E-state index is 0.443. The van der Waals surface area contributed by atoms with E-state index in [9.17, 15) is 0 Å². The van der Waals surface area contributed by atoms with E-state index in [0.717, 1.165) is 18.7 Å². The highest BCUT2D eigenvalue weighted by atomic mass is 15.1. The van der Waals surface area contributed by atoms with Crippen LogP contribution >= 0.6 is 0 Å². The standard InChI is InChI=1S/C7H14N2/c1-6-7(8)4-3-5-9(6)2/h4,6H,3,5,8H2,1-2H3.